The highest BCUT2D eigenvalue weighted by atomic mass is 16.7. The van der Waals surface area contributed by atoms with E-state index in [0.29, 0.717) is 12.0 Å². The van der Waals surface area contributed by atoms with Crippen LogP contribution in [0.5, 0.6) is 11.5 Å². The number of aryl methyl sites for hydroxylation is 1. The molecule has 0 aromatic heterocycles. The maximum atomic E-state index is 11.6. The Morgan fingerprint density at radius 2 is 1.73 bits per heavy atom. The van der Waals surface area contributed by atoms with Crippen molar-refractivity contribution in [1.29, 1.82) is 0 Å². The summed E-state index contributed by atoms with van der Waals surface area (Å²) in [4.78, 5) is 2.38. The molecule has 8 atom stereocenters. The number of phenolic OH excluding ortho intramolecular Hbond substituents is 1. The molecular formula is C28H49NO8. The number of aliphatic hydroxyl groups excluding tert-OH is 5. The zero-order chi connectivity index (χ0) is 27.9. The van der Waals surface area contributed by atoms with Crippen LogP contribution in [-0.2, 0) is 16.6 Å². The van der Waals surface area contributed by atoms with Crippen LogP contribution in [0.3, 0.4) is 0 Å². The summed E-state index contributed by atoms with van der Waals surface area (Å²) in [5.74, 6) is 0.673. The van der Waals surface area contributed by atoms with Gasteiger partial charge in [-0.2, -0.15) is 0 Å². The van der Waals surface area contributed by atoms with Crippen molar-refractivity contribution >= 4 is 0 Å². The van der Waals surface area contributed by atoms with Gasteiger partial charge in [-0.1, -0.05) is 19.9 Å². The number of fused-ring (bicyclic) bond motifs is 1. The topological polar surface area (TPSA) is 143 Å². The lowest BCUT2D eigenvalue weighted by molar-refractivity contribution is -0.199. The summed E-state index contributed by atoms with van der Waals surface area (Å²) in [6.07, 6.45) is 0.420. The van der Waals surface area contributed by atoms with Crippen LogP contribution >= 0.6 is 0 Å². The molecule has 1 saturated carbocycles. The van der Waals surface area contributed by atoms with Gasteiger partial charge >= 0.3 is 0 Å². The molecule has 1 aromatic rings. The molecule has 3 fully saturated rings. The summed E-state index contributed by atoms with van der Waals surface area (Å²) in [5.41, 5.74) is 1.60. The van der Waals surface area contributed by atoms with Crippen LogP contribution in [0.15, 0.2) is 12.1 Å². The lowest BCUT2D eigenvalue weighted by Crippen LogP contribution is -2.61. The molecule has 0 radical (unpaired) electrons. The first-order valence-corrected chi connectivity index (χ1v) is 13.6. The van der Waals surface area contributed by atoms with Crippen molar-refractivity contribution in [1.82, 2.24) is 4.90 Å². The standard InChI is InChI=1S/C25H39NO6.C2H6O.CH4O/c1-5-16-6-9-21(32-24-20(29)12-17(27)13-31-24)23(30)22(16)25-10-11-26(4)15(3)18(25)7-8-19(28)14(25)2;1-2-3;1-2/h6,9,14-15,17-20,24,27-30H,5,7-8,10-13H2,1-4H3;3H,2H2,1H3;2H,1H3. The van der Waals surface area contributed by atoms with Gasteiger partial charge in [0.1, 0.15) is 6.10 Å². The van der Waals surface area contributed by atoms with E-state index in [-0.39, 0.29) is 42.5 Å². The maximum Gasteiger partial charge on any atom is 0.226 e. The molecule has 3 aliphatic rings. The highest BCUT2D eigenvalue weighted by Gasteiger charge is 2.56. The van der Waals surface area contributed by atoms with Crippen LogP contribution in [0.25, 0.3) is 0 Å². The summed E-state index contributed by atoms with van der Waals surface area (Å²) in [6, 6.07) is 4.07. The molecular weight excluding hydrogens is 478 g/mol. The van der Waals surface area contributed by atoms with Gasteiger partial charge in [0.25, 0.3) is 0 Å². The van der Waals surface area contributed by atoms with Crippen molar-refractivity contribution < 1.29 is 40.1 Å². The fourth-order valence-corrected chi connectivity index (χ4v) is 6.57. The molecule has 2 heterocycles. The van der Waals surface area contributed by atoms with Gasteiger partial charge in [0, 0.05) is 37.2 Å². The average Bonchev–Trinajstić information content (AvgIpc) is 2.88. The quantitative estimate of drug-likeness (QED) is 0.345. The number of hydrogen-bond acceptors (Lipinski definition) is 9. The van der Waals surface area contributed by atoms with Crippen molar-refractivity contribution in [2.75, 3.05) is 33.9 Å². The van der Waals surface area contributed by atoms with Crippen LogP contribution in [0, 0.1) is 11.8 Å². The van der Waals surface area contributed by atoms with Crippen molar-refractivity contribution in [2.24, 2.45) is 11.8 Å². The Morgan fingerprint density at radius 1 is 1.08 bits per heavy atom. The molecule has 0 amide bonds. The first-order chi connectivity index (χ1) is 17.6. The molecule has 9 heteroatoms. The number of rotatable bonds is 4. The molecule has 4 rings (SSSR count). The third kappa shape index (κ3) is 6.41. The van der Waals surface area contributed by atoms with Crippen LogP contribution < -0.4 is 4.74 Å². The van der Waals surface area contributed by atoms with Crippen molar-refractivity contribution in [3.05, 3.63) is 23.3 Å². The molecule has 214 valence electrons. The predicted octanol–water partition coefficient (Wildman–Crippen LogP) is 1.78. The number of aromatic hydroxyl groups is 1. The molecule has 9 nitrogen and oxygen atoms in total. The van der Waals surface area contributed by atoms with E-state index in [1.165, 1.54) is 0 Å². The second kappa shape index (κ2) is 14.1. The van der Waals surface area contributed by atoms with E-state index < -0.39 is 24.6 Å². The van der Waals surface area contributed by atoms with E-state index in [0.717, 1.165) is 50.5 Å². The van der Waals surface area contributed by atoms with E-state index in [9.17, 15) is 20.4 Å². The third-order valence-electron chi connectivity index (χ3n) is 8.58. The number of benzene rings is 1. The minimum absolute atomic E-state index is 0.00415. The zero-order valence-electron chi connectivity index (χ0n) is 23.3. The van der Waals surface area contributed by atoms with Crippen LogP contribution in [0.2, 0.25) is 0 Å². The monoisotopic (exact) mass is 527 g/mol. The van der Waals surface area contributed by atoms with E-state index >= 15 is 0 Å². The van der Waals surface area contributed by atoms with E-state index in [2.05, 4.69) is 32.7 Å². The second-order valence-corrected chi connectivity index (χ2v) is 10.4. The fraction of sp³-hybridized carbons (Fsp3) is 0.786. The van der Waals surface area contributed by atoms with Crippen molar-refractivity contribution in [3.8, 4) is 11.5 Å². The summed E-state index contributed by atoms with van der Waals surface area (Å²) < 4.78 is 11.5. The molecule has 0 spiro atoms. The second-order valence-electron chi connectivity index (χ2n) is 10.4. The predicted molar refractivity (Wildman–Crippen MR) is 142 cm³/mol. The number of aliphatic hydroxyl groups is 5. The third-order valence-corrected chi connectivity index (χ3v) is 8.58. The highest BCUT2D eigenvalue weighted by Crippen LogP contribution is 2.58. The summed E-state index contributed by atoms with van der Waals surface area (Å²) >= 11 is 0. The average molecular weight is 528 g/mol. The number of piperidine rings is 1. The fourth-order valence-electron chi connectivity index (χ4n) is 6.57. The van der Waals surface area contributed by atoms with Gasteiger partial charge < -0.3 is 45.0 Å². The molecule has 0 bridgehead atoms. The minimum atomic E-state index is -0.975. The summed E-state index contributed by atoms with van der Waals surface area (Å²) in [5, 5.41) is 57.1. The Labute approximate surface area is 221 Å². The SMILES string of the molecule is CCO.CCc1ccc(OC2OCC(O)CC2O)c(O)c1C12CCN(C)C(C)C1CCC(O)C2C.CO. The number of likely N-dealkylation sites (tertiary alicyclic amines) is 1. The minimum Gasteiger partial charge on any atom is -0.504 e. The Morgan fingerprint density at radius 3 is 2.32 bits per heavy atom. The molecule has 1 aromatic carbocycles. The van der Waals surface area contributed by atoms with Gasteiger partial charge in [-0.3, -0.25) is 0 Å². The Hall–Kier alpha value is -1.46. The zero-order valence-corrected chi connectivity index (χ0v) is 23.3. The van der Waals surface area contributed by atoms with Crippen molar-refractivity contribution in [3.63, 3.8) is 0 Å². The van der Waals surface area contributed by atoms with E-state index in [4.69, 9.17) is 19.7 Å². The van der Waals surface area contributed by atoms with Crippen LogP contribution in [0.1, 0.15) is 64.5 Å². The van der Waals surface area contributed by atoms with Gasteiger partial charge in [-0.25, -0.2) is 0 Å². The lowest BCUT2D eigenvalue weighted by atomic mass is 9.51. The maximum absolute atomic E-state index is 11.6. The number of phenols is 1. The molecule has 8 unspecified atom stereocenters. The van der Waals surface area contributed by atoms with Crippen molar-refractivity contribution in [2.45, 2.75) is 95.9 Å². The van der Waals surface area contributed by atoms with Gasteiger partial charge in [0.2, 0.25) is 6.29 Å². The van der Waals surface area contributed by atoms with Gasteiger partial charge in [0.15, 0.2) is 11.5 Å². The number of nitrogens with zero attached hydrogens (tertiary/aromatic N) is 1. The largest absolute Gasteiger partial charge is 0.504 e. The van der Waals surface area contributed by atoms with Gasteiger partial charge in [0.05, 0.1) is 18.8 Å². The first-order valence-electron chi connectivity index (χ1n) is 13.6. The molecule has 2 aliphatic heterocycles. The molecule has 6 N–H and O–H groups in total. The first kappa shape index (κ1) is 31.8. The molecule has 2 saturated heterocycles. The smallest absolute Gasteiger partial charge is 0.226 e. The lowest BCUT2D eigenvalue weighted by Gasteiger charge is -2.58. The molecule has 1 aliphatic carbocycles. The normalized spacial score (nSPS) is 35.8. The highest BCUT2D eigenvalue weighted by molar-refractivity contribution is 5.55. The number of hydrogen-bond donors (Lipinski definition) is 6. The Bertz CT molecular complexity index is 839. The van der Waals surface area contributed by atoms with Gasteiger partial charge in [-0.15, -0.1) is 0 Å². The molecule has 37 heavy (non-hydrogen) atoms. The van der Waals surface area contributed by atoms with E-state index in [1.807, 2.05) is 6.07 Å². The summed E-state index contributed by atoms with van der Waals surface area (Å²) in [7, 11) is 3.15. The van der Waals surface area contributed by atoms with Crippen LogP contribution in [0.4, 0.5) is 0 Å². The van der Waals surface area contributed by atoms with E-state index in [1.54, 1.807) is 13.0 Å². The Kier molecular flexibility index (Phi) is 12.1. The summed E-state index contributed by atoms with van der Waals surface area (Å²) in [6.45, 7) is 9.37. The van der Waals surface area contributed by atoms with Gasteiger partial charge in [-0.05, 0) is 76.6 Å². The Balaban J connectivity index is 0.000000898. The van der Waals surface area contributed by atoms with Crippen LogP contribution in [-0.4, -0.2) is 100 Å². The number of ether oxygens (including phenoxy) is 2.